The Morgan fingerprint density at radius 2 is 1.82 bits per heavy atom. The molecule has 1 aromatic carbocycles. The average molecular weight is 906 g/mol. The Hall–Kier alpha value is -5.69. The maximum absolute atomic E-state index is 13.5. The molecular formula is C48H63N11O7. The number of rotatable bonds is 17. The fourth-order valence-corrected chi connectivity index (χ4v) is 9.90. The molecule has 0 spiro atoms. The van der Waals surface area contributed by atoms with Crippen LogP contribution in [0.4, 0.5) is 11.5 Å². The number of hydrogen-bond donors (Lipinski definition) is 4. The summed E-state index contributed by atoms with van der Waals surface area (Å²) in [6.45, 7) is 9.49. The maximum atomic E-state index is 13.5. The van der Waals surface area contributed by atoms with Crippen molar-refractivity contribution in [2.45, 2.75) is 102 Å². The van der Waals surface area contributed by atoms with Gasteiger partial charge in [0, 0.05) is 64.1 Å². The highest BCUT2D eigenvalue weighted by Gasteiger charge is 2.33. The summed E-state index contributed by atoms with van der Waals surface area (Å²) in [5.41, 5.74) is 2.79. The first-order chi connectivity index (χ1) is 31.7. The number of likely N-dealkylation sites (N-methyl/N-ethyl adjacent to an activating group) is 1. The Balaban J connectivity index is 0.729. The zero-order valence-corrected chi connectivity index (χ0v) is 38.5. The predicted molar refractivity (Wildman–Crippen MR) is 248 cm³/mol. The van der Waals surface area contributed by atoms with Crippen LogP contribution in [0, 0.1) is 11.8 Å². The van der Waals surface area contributed by atoms with Crippen LogP contribution in [0.25, 0.3) is 22.5 Å². The summed E-state index contributed by atoms with van der Waals surface area (Å²) in [4.78, 5) is 64.7. The van der Waals surface area contributed by atoms with Crippen molar-refractivity contribution in [2.75, 3.05) is 63.6 Å². The van der Waals surface area contributed by atoms with E-state index in [9.17, 15) is 24.3 Å². The lowest BCUT2D eigenvalue weighted by Crippen LogP contribution is -2.47. The van der Waals surface area contributed by atoms with E-state index >= 15 is 0 Å². The number of imide groups is 1. The van der Waals surface area contributed by atoms with E-state index < -0.39 is 23.5 Å². The number of imidazole rings is 1. The largest absolute Gasteiger partial charge is 0.444 e. The SMILES string of the molecule is CN(C[C@@H]1CN(CCCc2ccc3c(c2)n(C)c(=O)n3C2CCC(=O)NC2=O)CCO1)C[C@H]1CC[C@H](n2cc(NC(=O)c3coc(-c4ccnc(NCC5CC5)c4)n3)c(C(C)(C)O)n2)CC1. The number of carbonyl (C=O) groups excluding carboxylic acids is 3. The molecule has 4 aliphatic rings. The van der Waals surface area contributed by atoms with Crippen LogP contribution in [0.5, 0.6) is 0 Å². The molecule has 4 N–H and O–H groups in total. The summed E-state index contributed by atoms with van der Waals surface area (Å²) in [6.07, 6.45) is 13.8. The van der Waals surface area contributed by atoms with Gasteiger partial charge in [0.2, 0.25) is 17.7 Å². The number of nitrogens with one attached hydrogen (secondary N) is 3. The third-order valence-corrected chi connectivity index (χ3v) is 13.7. The van der Waals surface area contributed by atoms with Crippen LogP contribution in [0.2, 0.25) is 0 Å². The number of benzene rings is 1. The van der Waals surface area contributed by atoms with E-state index in [1.165, 1.54) is 23.7 Å². The standard InChI is InChI=1S/C48H63N11O7/c1-48(2,64)43-36(51-44(61)37-29-66-46(52-37)33-17-18-49-41(23-33)50-24-31-7-8-31)28-58(54-43)34-12-9-32(10-13-34)25-55(3)26-35-27-57(20-21-65-35)19-5-6-30-11-14-38-40(22-30)56(4)47(63)59(38)39-15-16-42(60)53-45(39)62/h11,14,17-18,22-23,28-29,31-32,34-35,39,64H,5-10,12-13,15-16,19-21,24-27H2,1-4H3,(H,49,50)(H,51,61)(H,53,60,62)/t32-,34-,35-,39?/m1/s1. The van der Waals surface area contributed by atoms with Crippen LogP contribution in [0.3, 0.4) is 0 Å². The van der Waals surface area contributed by atoms with Crippen LogP contribution in [-0.2, 0) is 33.4 Å². The lowest BCUT2D eigenvalue weighted by Gasteiger charge is -2.36. The van der Waals surface area contributed by atoms with E-state index in [4.69, 9.17) is 14.3 Å². The number of hydrogen-bond acceptors (Lipinski definition) is 13. The number of ether oxygens (including phenoxy) is 1. The molecule has 18 heteroatoms. The van der Waals surface area contributed by atoms with Gasteiger partial charge in [-0.25, -0.2) is 14.8 Å². The van der Waals surface area contributed by atoms with Crippen molar-refractivity contribution >= 4 is 40.3 Å². The van der Waals surface area contributed by atoms with Crippen molar-refractivity contribution in [3.8, 4) is 11.5 Å². The highest BCUT2D eigenvalue weighted by atomic mass is 16.5. The minimum Gasteiger partial charge on any atom is -0.444 e. The van der Waals surface area contributed by atoms with Crippen LogP contribution >= 0.6 is 0 Å². The summed E-state index contributed by atoms with van der Waals surface area (Å²) < 4.78 is 17.0. The number of aliphatic hydroxyl groups is 1. The summed E-state index contributed by atoms with van der Waals surface area (Å²) in [5, 5.41) is 24.6. The van der Waals surface area contributed by atoms with Gasteiger partial charge in [0.25, 0.3) is 5.91 Å². The molecule has 66 heavy (non-hydrogen) atoms. The van der Waals surface area contributed by atoms with Crippen molar-refractivity contribution < 1.29 is 28.6 Å². The molecule has 6 heterocycles. The number of nitrogens with zero attached hydrogens (tertiary/aromatic N) is 8. The van der Waals surface area contributed by atoms with Gasteiger partial charge in [-0.15, -0.1) is 0 Å². The fraction of sp³-hybridized carbons (Fsp3) is 0.562. The van der Waals surface area contributed by atoms with Crippen molar-refractivity contribution in [3.05, 3.63) is 76.4 Å². The predicted octanol–water partition coefficient (Wildman–Crippen LogP) is 4.86. The quantitative estimate of drug-likeness (QED) is 0.0922. The second-order valence-corrected chi connectivity index (χ2v) is 19.5. The molecule has 18 nitrogen and oxygen atoms in total. The number of aromatic nitrogens is 6. The van der Waals surface area contributed by atoms with E-state index in [1.54, 1.807) is 37.7 Å². The molecule has 2 saturated carbocycles. The van der Waals surface area contributed by atoms with Gasteiger partial charge in [-0.1, -0.05) is 6.07 Å². The molecule has 4 fully saturated rings. The minimum atomic E-state index is -1.28. The molecule has 2 aliphatic carbocycles. The van der Waals surface area contributed by atoms with Gasteiger partial charge in [0.05, 0.1) is 35.5 Å². The minimum absolute atomic E-state index is 0.127. The third-order valence-electron chi connectivity index (χ3n) is 13.7. The van der Waals surface area contributed by atoms with E-state index in [-0.39, 0.29) is 35.9 Å². The molecule has 3 amide bonds. The zero-order chi connectivity index (χ0) is 46.1. The molecule has 9 rings (SSSR count). The molecular weight excluding hydrogens is 843 g/mol. The number of carbonyl (C=O) groups is 3. The Morgan fingerprint density at radius 1 is 1.02 bits per heavy atom. The zero-order valence-electron chi connectivity index (χ0n) is 38.5. The van der Waals surface area contributed by atoms with E-state index in [0.29, 0.717) is 47.7 Å². The molecule has 1 unspecified atom stereocenters. The van der Waals surface area contributed by atoms with E-state index in [0.717, 1.165) is 100 Å². The van der Waals surface area contributed by atoms with Crippen molar-refractivity contribution in [1.82, 2.24) is 44.0 Å². The molecule has 4 aromatic heterocycles. The molecule has 5 aromatic rings. The monoisotopic (exact) mass is 905 g/mol. The number of morpholine rings is 1. The number of fused-ring (bicyclic) bond motifs is 1. The summed E-state index contributed by atoms with van der Waals surface area (Å²) in [5.74, 6) is 1.13. The van der Waals surface area contributed by atoms with Crippen LogP contribution in [-0.4, -0.2) is 121 Å². The summed E-state index contributed by atoms with van der Waals surface area (Å²) >= 11 is 0. The van der Waals surface area contributed by atoms with Crippen LogP contribution in [0.15, 0.2) is 58.2 Å². The highest BCUT2D eigenvalue weighted by Crippen LogP contribution is 2.36. The molecule has 2 saturated heterocycles. The smallest absolute Gasteiger partial charge is 0.329 e. The number of piperidine rings is 1. The second kappa shape index (κ2) is 19.3. The number of aryl methyl sites for hydroxylation is 2. The van der Waals surface area contributed by atoms with Crippen molar-refractivity contribution in [1.29, 1.82) is 0 Å². The second-order valence-electron chi connectivity index (χ2n) is 19.5. The van der Waals surface area contributed by atoms with Crippen molar-refractivity contribution in [3.63, 3.8) is 0 Å². The topological polar surface area (TPSA) is 207 Å². The van der Waals surface area contributed by atoms with Gasteiger partial charge in [-0.05, 0) is 127 Å². The lowest BCUT2D eigenvalue weighted by molar-refractivity contribution is -0.135. The molecule has 0 bridgehead atoms. The first-order valence-corrected chi connectivity index (χ1v) is 23.6. The first-order valence-electron chi connectivity index (χ1n) is 23.6. The van der Waals surface area contributed by atoms with E-state index in [2.05, 4.69) is 42.8 Å². The Kier molecular flexibility index (Phi) is 13.3. The Bertz CT molecular complexity index is 2610. The van der Waals surface area contributed by atoms with Crippen LogP contribution < -0.4 is 21.6 Å². The van der Waals surface area contributed by atoms with E-state index in [1.807, 2.05) is 35.1 Å². The summed E-state index contributed by atoms with van der Waals surface area (Å²) in [7, 11) is 3.91. The van der Waals surface area contributed by atoms with Crippen molar-refractivity contribution in [2.24, 2.45) is 18.9 Å². The Morgan fingerprint density at radius 3 is 2.59 bits per heavy atom. The molecule has 352 valence electrons. The van der Waals surface area contributed by atoms with Gasteiger partial charge in [-0.2, -0.15) is 5.10 Å². The molecule has 2 aliphatic heterocycles. The molecule has 2 atom stereocenters. The number of anilines is 2. The molecule has 0 radical (unpaired) electrons. The van der Waals surface area contributed by atoms with Gasteiger partial charge in [0.1, 0.15) is 29.4 Å². The first kappa shape index (κ1) is 45.5. The maximum Gasteiger partial charge on any atom is 0.329 e. The lowest BCUT2D eigenvalue weighted by atomic mass is 9.86. The summed E-state index contributed by atoms with van der Waals surface area (Å²) in [6, 6.07) is 9.14. The van der Waals surface area contributed by atoms with Crippen LogP contribution in [0.1, 0.15) is 105 Å². The number of amides is 3. The number of oxazole rings is 1. The van der Waals surface area contributed by atoms with Gasteiger partial charge in [0.15, 0.2) is 5.69 Å². The van der Waals surface area contributed by atoms with Gasteiger partial charge in [-0.3, -0.25) is 38.4 Å². The van der Waals surface area contributed by atoms with Gasteiger partial charge >= 0.3 is 5.69 Å². The van der Waals surface area contributed by atoms with Gasteiger partial charge < -0.3 is 29.8 Å². The fourth-order valence-electron chi connectivity index (χ4n) is 9.90. The Labute approximate surface area is 384 Å². The normalized spacial score (nSPS) is 22.0. The number of pyridine rings is 1. The average Bonchev–Trinajstić information content (AvgIpc) is 3.69. The highest BCUT2D eigenvalue weighted by molar-refractivity contribution is 6.03. The third kappa shape index (κ3) is 10.5.